The zero-order chi connectivity index (χ0) is 10.7. The molecule has 0 bridgehead atoms. The number of aromatic nitrogens is 2. The Bertz CT molecular complexity index is 305. The Balaban J connectivity index is 2.17. The quantitative estimate of drug-likeness (QED) is 0.810. The average molecular weight is 209 g/mol. The summed E-state index contributed by atoms with van der Waals surface area (Å²) in [6.45, 7) is 4.80. The van der Waals surface area contributed by atoms with Crippen LogP contribution in [0.2, 0.25) is 0 Å². The lowest BCUT2D eigenvalue weighted by molar-refractivity contribution is 0.176. The Kier molecular flexibility index (Phi) is 3.38. The predicted octanol–water partition coefficient (Wildman–Crippen LogP) is 1.20. The largest absolute Gasteiger partial charge is 0.381 e. The maximum absolute atomic E-state index is 5.44. The molecule has 1 N–H and O–H groups in total. The lowest BCUT2D eigenvalue weighted by Crippen LogP contribution is -2.28. The van der Waals surface area contributed by atoms with Gasteiger partial charge in [0.15, 0.2) is 0 Å². The number of aryl methyl sites for hydroxylation is 1. The van der Waals surface area contributed by atoms with Gasteiger partial charge in [0, 0.05) is 25.3 Å². The van der Waals surface area contributed by atoms with Crippen molar-refractivity contribution >= 4 is 0 Å². The molecule has 1 saturated heterocycles. The Labute approximate surface area is 90.6 Å². The molecule has 1 aromatic heterocycles. The van der Waals surface area contributed by atoms with Crippen molar-refractivity contribution in [3.63, 3.8) is 0 Å². The second-order valence-corrected chi connectivity index (χ2v) is 3.96. The van der Waals surface area contributed by atoms with E-state index in [0.717, 1.165) is 26.2 Å². The predicted molar refractivity (Wildman–Crippen MR) is 58.6 cm³/mol. The van der Waals surface area contributed by atoms with E-state index in [1.807, 2.05) is 13.2 Å². The van der Waals surface area contributed by atoms with E-state index in [-0.39, 0.29) is 0 Å². The van der Waals surface area contributed by atoms with Crippen molar-refractivity contribution in [2.75, 3.05) is 20.3 Å². The molecule has 84 valence electrons. The molecule has 1 aliphatic rings. The van der Waals surface area contributed by atoms with Gasteiger partial charge in [-0.2, -0.15) is 5.10 Å². The monoisotopic (exact) mass is 209 g/mol. The van der Waals surface area contributed by atoms with Crippen LogP contribution < -0.4 is 5.32 Å². The van der Waals surface area contributed by atoms with E-state index < -0.39 is 0 Å². The Morgan fingerprint density at radius 3 is 3.20 bits per heavy atom. The molecule has 1 aliphatic heterocycles. The summed E-state index contributed by atoms with van der Waals surface area (Å²) in [4.78, 5) is 0. The van der Waals surface area contributed by atoms with Gasteiger partial charge < -0.3 is 10.1 Å². The topological polar surface area (TPSA) is 39.1 Å². The van der Waals surface area contributed by atoms with Gasteiger partial charge in [0.1, 0.15) is 0 Å². The molecule has 4 nitrogen and oxygen atoms in total. The molecule has 0 amide bonds. The number of nitrogens with one attached hydrogen (secondary N) is 1. The van der Waals surface area contributed by atoms with E-state index in [2.05, 4.69) is 28.1 Å². The van der Waals surface area contributed by atoms with Crippen LogP contribution in [-0.2, 0) is 11.3 Å². The van der Waals surface area contributed by atoms with Crippen LogP contribution in [0, 0.1) is 5.92 Å². The summed E-state index contributed by atoms with van der Waals surface area (Å²) in [5.41, 5.74) is 1.27. The summed E-state index contributed by atoms with van der Waals surface area (Å²) in [5, 5.41) is 7.69. The first-order chi connectivity index (χ1) is 7.36. The maximum atomic E-state index is 5.44. The highest BCUT2D eigenvalue weighted by atomic mass is 16.5. The van der Waals surface area contributed by atoms with E-state index in [9.17, 15) is 0 Å². The van der Waals surface area contributed by atoms with Crippen molar-refractivity contribution in [3.05, 3.63) is 18.0 Å². The van der Waals surface area contributed by atoms with Gasteiger partial charge in [-0.1, -0.05) is 0 Å². The number of ether oxygens (including phenoxy) is 1. The molecule has 4 heteroatoms. The van der Waals surface area contributed by atoms with Crippen molar-refractivity contribution < 1.29 is 4.74 Å². The first-order valence-corrected chi connectivity index (χ1v) is 5.63. The van der Waals surface area contributed by atoms with Gasteiger partial charge in [0.25, 0.3) is 0 Å². The smallest absolute Gasteiger partial charge is 0.0557 e. The Morgan fingerprint density at radius 2 is 2.60 bits per heavy atom. The third-order valence-corrected chi connectivity index (χ3v) is 3.11. The van der Waals surface area contributed by atoms with Gasteiger partial charge in [0.2, 0.25) is 0 Å². The lowest BCUT2D eigenvalue weighted by Gasteiger charge is -2.22. The summed E-state index contributed by atoms with van der Waals surface area (Å²) in [6.07, 6.45) is 3.01. The molecule has 2 rings (SSSR count). The van der Waals surface area contributed by atoms with Gasteiger partial charge >= 0.3 is 0 Å². The van der Waals surface area contributed by atoms with Crippen LogP contribution in [0.4, 0.5) is 0 Å². The Morgan fingerprint density at radius 1 is 1.73 bits per heavy atom. The summed E-state index contributed by atoms with van der Waals surface area (Å²) in [7, 11) is 2.01. The molecule has 0 spiro atoms. The third kappa shape index (κ3) is 2.06. The highest BCUT2D eigenvalue weighted by Gasteiger charge is 2.27. The first kappa shape index (κ1) is 10.6. The summed E-state index contributed by atoms with van der Waals surface area (Å²) >= 11 is 0. The normalized spacial score (nSPS) is 23.2. The minimum atomic E-state index is 0.370. The zero-order valence-electron chi connectivity index (χ0n) is 9.44. The van der Waals surface area contributed by atoms with Crippen molar-refractivity contribution in [1.82, 2.24) is 15.1 Å². The SMILES string of the molecule is CCn1nccc1C(NC)C1CCOC1. The van der Waals surface area contributed by atoms with Crippen molar-refractivity contribution in [2.24, 2.45) is 5.92 Å². The number of nitrogens with zero attached hydrogens (tertiary/aromatic N) is 2. The standard InChI is InChI=1S/C11H19N3O/c1-3-14-10(4-6-13-14)11(12-2)9-5-7-15-8-9/h4,6,9,11-12H,3,5,7-8H2,1-2H3. The van der Waals surface area contributed by atoms with E-state index >= 15 is 0 Å². The second-order valence-electron chi connectivity index (χ2n) is 3.96. The first-order valence-electron chi connectivity index (χ1n) is 5.63. The minimum absolute atomic E-state index is 0.370. The molecule has 0 radical (unpaired) electrons. The van der Waals surface area contributed by atoms with Gasteiger partial charge in [-0.15, -0.1) is 0 Å². The van der Waals surface area contributed by atoms with Crippen LogP contribution in [0.5, 0.6) is 0 Å². The molecule has 15 heavy (non-hydrogen) atoms. The van der Waals surface area contributed by atoms with Gasteiger partial charge in [-0.25, -0.2) is 0 Å². The lowest BCUT2D eigenvalue weighted by atomic mass is 9.96. The van der Waals surface area contributed by atoms with E-state index in [4.69, 9.17) is 4.74 Å². The van der Waals surface area contributed by atoms with Crippen LogP contribution in [-0.4, -0.2) is 30.0 Å². The fourth-order valence-electron chi connectivity index (χ4n) is 2.31. The molecule has 1 fully saturated rings. The molecule has 2 heterocycles. The summed E-state index contributed by atoms with van der Waals surface area (Å²) in [6, 6.07) is 2.47. The molecule has 0 aromatic carbocycles. The number of hydrogen-bond acceptors (Lipinski definition) is 3. The molecule has 2 unspecified atom stereocenters. The van der Waals surface area contributed by atoms with Gasteiger partial charge in [-0.05, 0) is 26.5 Å². The molecular weight excluding hydrogens is 190 g/mol. The highest BCUT2D eigenvalue weighted by Crippen LogP contribution is 2.28. The highest BCUT2D eigenvalue weighted by molar-refractivity contribution is 5.09. The van der Waals surface area contributed by atoms with Crippen molar-refractivity contribution in [2.45, 2.75) is 25.9 Å². The minimum Gasteiger partial charge on any atom is -0.381 e. The van der Waals surface area contributed by atoms with Crippen LogP contribution >= 0.6 is 0 Å². The maximum Gasteiger partial charge on any atom is 0.0557 e. The molecule has 0 saturated carbocycles. The van der Waals surface area contributed by atoms with Crippen LogP contribution in [0.3, 0.4) is 0 Å². The molecular formula is C11H19N3O. The van der Waals surface area contributed by atoms with Gasteiger partial charge in [0.05, 0.1) is 18.3 Å². The second kappa shape index (κ2) is 4.77. The van der Waals surface area contributed by atoms with Crippen LogP contribution in [0.1, 0.15) is 25.1 Å². The van der Waals surface area contributed by atoms with Crippen LogP contribution in [0.15, 0.2) is 12.3 Å². The van der Waals surface area contributed by atoms with Crippen molar-refractivity contribution in [3.8, 4) is 0 Å². The van der Waals surface area contributed by atoms with Crippen molar-refractivity contribution in [1.29, 1.82) is 0 Å². The fourth-order valence-corrected chi connectivity index (χ4v) is 2.31. The molecule has 2 atom stereocenters. The zero-order valence-corrected chi connectivity index (χ0v) is 9.44. The van der Waals surface area contributed by atoms with Gasteiger partial charge in [-0.3, -0.25) is 4.68 Å². The van der Waals surface area contributed by atoms with E-state index in [1.54, 1.807) is 0 Å². The number of hydrogen-bond donors (Lipinski definition) is 1. The molecule has 0 aliphatic carbocycles. The summed E-state index contributed by atoms with van der Waals surface area (Å²) in [5.74, 6) is 0.581. The average Bonchev–Trinajstić information content (AvgIpc) is 2.89. The van der Waals surface area contributed by atoms with E-state index in [1.165, 1.54) is 5.69 Å². The summed E-state index contributed by atoms with van der Waals surface area (Å²) < 4.78 is 7.50. The Hall–Kier alpha value is -0.870. The molecule has 1 aromatic rings. The number of rotatable bonds is 4. The van der Waals surface area contributed by atoms with Crippen LogP contribution in [0.25, 0.3) is 0 Å². The third-order valence-electron chi connectivity index (χ3n) is 3.11. The fraction of sp³-hybridized carbons (Fsp3) is 0.727. The van der Waals surface area contributed by atoms with E-state index in [0.29, 0.717) is 12.0 Å².